The molecule has 0 saturated heterocycles. The topological polar surface area (TPSA) is 109 Å². The highest BCUT2D eigenvalue weighted by atomic mass is 79.9. The maximum atomic E-state index is 13.0. The summed E-state index contributed by atoms with van der Waals surface area (Å²) in [5.74, 6) is -0.704. The lowest BCUT2D eigenvalue weighted by Crippen LogP contribution is -2.29. The zero-order chi connectivity index (χ0) is 30.4. The molecular weight excluding hydrogens is 656 g/mol. The van der Waals surface area contributed by atoms with Gasteiger partial charge in [-0.25, -0.2) is 18.7 Å². The predicted octanol–water partition coefficient (Wildman–Crippen LogP) is 4.77. The van der Waals surface area contributed by atoms with E-state index in [1.54, 1.807) is 24.3 Å². The number of rotatable bonds is 2. The minimum Gasteiger partial charge on any atom is -0.423 e. The molecule has 6 rings (SSSR count). The highest BCUT2D eigenvalue weighted by Crippen LogP contribution is 2.26. The van der Waals surface area contributed by atoms with Crippen molar-refractivity contribution in [3.05, 3.63) is 144 Å². The van der Waals surface area contributed by atoms with Gasteiger partial charge in [-0.2, -0.15) is 0 Å². The summed E-state index contributed by atoms with van der Waals surface area (Å²) < 4.78 is 28.6. The van der Waals surface area contributed by atoms with Gasteiger partial charge < -0.3 is 10.0 Å². The second kappa shape index (κ2) is 13.8. The molecule has 0 spiro atoms. The minimum atomic E-state index is -1.51. The summed E-state index contributed by atoms with van der Waals surface area (Å²) in [5.41, 5.74) is 2.43. The fraction of sp³-hybridized carbons (Fsp3) is 0. The summed E-state index contributed by atoms with van der Waals surface area (Å²) >= 11 is 15.1. The molecule has 0 bridgehead atoms. The lowest BCUT2D eigenvalue weighted by atomic mass is 9.80. The van der Waals surface area contributed by atoms with E-state index in [-0.39, 0.29) is 22.8 Å². The second-order valence-corrected chi connectivity index (χ2v) is 10.2. The molecule has 6 aromatic rings. The largest absolute Gasteiger partial charge is 0.488 e. The molecule has 0 aliphatic rings. The van der Waals surface area contributed by atoms with Gasteiger partial charge in [0.25, 0.3) is 11.1 Å². The van der Waals surface area contributed by atoms with Crippen molar-refractivity contribution in [2.75, 3.05) is 0 Å². The Morgan fingerprint density at radius 2 is 1.19 bits per heavy atom. The summed E-state index contributed by atoms with van der Waals surface area (Å²) in [6.45, 7) is 0. The third-order valence-corrected chi connectivity index (χ3v) is 6.59. The number of hydrogen-bond donors (Lipinski definition) is 2. The van der Waals surface area contributed by atoms with Gasteiger partial charge in [-0.3, -0.25) is 18.4 Å². The van der Waals surface area contributed by atoms with Crippen molar-refractivity contribution in [3.8, 4) is 11.1 Å². The average Bonchev–Trinajstić information content (AvgIpc) is 2.95. The Morgan fingerprint density at radius 3 is 1.74 bits per heavy atom. The van der Waals surface area contributed by atoms with E-state index in [1.807, 2.05) is 0 Å². The molecule has 8 nitrogen and oxygen atoms in total. The van der Waals surface area contributed by atoms with Crippen molar-refractivity contribution in [2.24, 2.45) is 0 Å². The van der Waals surface area contributed by atoms with Gasteiger partial charge in [-0.05, 0) is 63.4 Å². The van der Waals surface area contributed by atoms with Crippen molar-refractivity contribution in [2.45, 2.75) is 0 Å². The van der Waals surface area contributed by atoms with Crippen LogP contribution in [-0.4, -0.2) is 35.9 Å². The van der Waals surface area contributed by atoms with Gasteiger partial charge in [-0.1, -0.05) is 47.5 Å². The molecule has 2 N–H and O–H groups in total. The first-order valence-corrected chi connectivity index (χ1v) is 13.5. The molecule has 212 valence electrons. The van der Waals surface area contributed by atoms with Crippen molar-refractivity contribution < 1.29 is 18.8 Å². The molecule has 4 aromatic heterocycles. The SMILES string of the molecule is O=c1ccnc2c(-c3ccc(F)cc3)cc(Cl)cn12.O=c1ccnc2c(Br)cc(Cl)cn12.OB(O)c1ccc(F)cc1. The summed E-state index contributed by atoms with van der Waals surface area (Å²) in [7, 11) is -1.51. The number of fused-ring (bicyclic) bond motifs is 2. The molecule has 0 radical (unpaired) electrons. The lowest BCUT2D eigenvalue weighted by molar-refractivity contribution is 0.425. The Morgan fingerprint density at radius 1 is 0.714 bits per heavy atom. The van der Waals surface area contributed by atoms with E-state index in [9.17, 15) is 18.4 Å². The van der Waals surface area contributed by atoms with Crippen LogP contribution in [0, 0.1) is 11.6 Å². The van der Waals surface area contributed by atoms with Gasteiger partial charge in [0, 0.05) is 42.5 Å². The van der Waals surface area contributed by atoms with E-state index in [2.05, 4.69) is 25.9 Å². The van der Waals surface area contributed by atoms with E-state index in [0.717, 1.165) is 5.56 Å². The quantitative estimate of drug-likeness (QED) is 0.257. The van der Waals surface area contributed by atoms with Crippen LogP contribution in [0.1, 0.15) is 0 Å². The number of hydrogen-bond acceptors (Lipinski definition) is 6. The van der Waals surface area contributed by atoms with E-state index in [1.165, 1.54) is 82.1 Å². The normalized spacial score (nSPS) is 10.5. The van der Waals surface area contributed by atoms with Crippen LogP contribution in [-0.2, 0) is 0 Å². The average molecular weight is 674 g/mol. The number of aromatic nitrogens is 4. The Labute approximate surface area is 255 Å². The molecule has 14 heteroatoms. The highest BCUT2D eigenvalue weighted by Gasteiger charge is 2.10. The van der Waals surface area contributed by atoms with Gasteiger partial charge in [0.1, 0.15) is 17.3 Å². The molecule has 0 fully saturated rings. The van der Waals surface area contributed by atoms with Crippen molar-refractivity contribution in [1.82, 2.24) is 18.8 Å². The molecule has 0 saturated carbocycles. The summed E-state index contributed by atoms with van der Waals surface area (Å²) in [6, 6.07) is 17.1. The van der Waals surface area contributed by atoms with Crippen LogP contribution < -0.4 is 16.6 Å². The van der Waals surface area contributed by atoms with Crippen LogP contribution in [0.2, 0.25) is 10.0 Å². The number of nitrogens with zero attached hydrogens (tertiary/aromatic N) is 4. The molecule has 0 amide bonds. The Hall–Kier alpha value is -3.94. The summed E-state index contributed by atoms with van der Waals surface area (Å²) in [6.07, 6.45) is 5.96. The van der Waals surface area contributed by atoms with E-state index >= 15 is 0 Å². The fourth-order valence-electron chi connectivity index (χ4n) is 3.65. The lowest BCUT2D eigenvalue weighted by Gasteiger charge is -2.07. The van der Waals surface area contributed by atoms with Crippen molar-refractivity contribution in [1.29, 1.82) is 0 Å². The number of benzene rings is 2. The van der Waals surface area contributed by atoms with Gasteiger partial charge in [0.15, 0.2) is 5.65 Å². The maximum Gasteiger partial charge on any atom is 0.488 e. The molecule has 0 atom stereocenters. The predicted molar refractivity (Wildman–Crippen MR) is 162 cm³/mol. The molecule has 0 unspecified atom stereocenters. The molecule has 0 aliphatic heterocycles. The van der Waals surface area contributed by atoms with E-state index in [4.69, 9.17) is 33.2 Å². The second-order valence-electron chi connectivity index (χ2n) is 8.46. The number of halogens is 5. The van der Waals surface area contributed by atoms with Gasteiger partial charge in [0.2, 0.25) is 0 Å². The summed E-state index contributed by atoms with van der Waals surface area (Å²) in [4.78, 5) is 31.3. The monoisotopic (exact) mass is 672 g/mol. The molecule has 0 aliphatic carbocycles. The van der Waals surface area contributed by atoms with Crippen LogP contribution in [0.5, 0.6) is 0 Å². The molecular formula is C28H18BBrCl2F2N4O4. The first-order chi connectivity index (χ1) is 20.0. The zero-order valence-electron chi connectivity index (χ0n) is 21.2. The Balaban J connectivity index is 0.000000154. The first-order valence-electron chi connectivity index (χ1n) is 11.9. The third-order valence-electron chi connectivity index (χ3n) is 5.59. The highest BCUT2D eigenvalue weighted by molar-refractivity contribution is 9.10. The molecule has 42 heavy (non-hydrogen) atoms. The van der Waals surface area contributed by atoms with E-state index < -0.39 is 7.12 Å². The van der Waals surface area contributed by atoms with Crippen LogP contribution in [0.15, 0.2) is 112 Å². The Kier molecular flexibility index (Phi) is 10.2. The van der Waals surface area contributed by atoms with Crippen LogP contribution in [0.25, 0.3) is 22.4 Å². The van der Waals surface area contributed by atoms with Gasteiger partial charge >= 0.3 is 7.12 Å². The van der Waals surface area contributed by atoms with Crippen LogP contribution >= 0.6 is 39.1 Å². The smallest absolute Gasteiger partial charge is 0.423 e. The van der Waals surface area contributed by atoms with Gasteiger partial charge in [0.05, 0.1) is 14.5 Å². The standard InChI is InChI=1S/C14H8ClFN2O.C8H4BrClN2O.C6H6BFO2/c15-10-7-12(9-1-3-11(16)4-2-9)14-17-6-5-13(19)18(14)8-10;9-6-3-5(10)4-12-7(13)1-2-11-8(6)12;8-6-3-1-5(2-4-6)7(9)10/h1-8H;1-4H;1-4,9-10H. The van der Waals surface area contributed by atoms with Crippen molar-refractivity contribution >= 4 is 63.0 Å². The van der Waals surface area contributed by atoms with Crippen molar-refractivity contribution in [3.63, 3.8) is 0 Å². The number of pyridine rings is 2. The summed E-state index contributed by atoms with van der Waals surface area (Å²) in [5, 5.41) is 18.0. The Bertz CT molecular complexity index is 1980. The first kappa shape index (κ1) is 31.0. The maximum absolute atomic E-state index is 13.0. The van der Waals surface area contributed by atoms with Gasteiger partial charge in [-0.15, -0.1) is 0 Å². The fourth-order valence-corrected chi connectivity index (χ4v) is 4.73. The molecule has 2 aromatic carbocycles. The third kappa shape index (κ3) is 7.66. The van der Waals surface area contributed by atoms with Crippen LogP contribution in [0.3, 0.4) is 0 Å². The van der Waals surface area contributed by atoms with E-state index in [0.29, 0.717) is 36.8 Å². The minimum absolute atomic E-state index is 0.145. The molecule has 4 heterocycles. The zero-order valence-corrected chi connectivity index (χ0v) is 24.3. The van der Waals surface area contributed by atoms with Crippen LogP contribution in [0.4, 0.5) is 8.78 Å².